The van der Waals surface area contributed by atoms with Crippen LogP contribution in [0.5, 0.6) is 0 Å². The summed E-state index contributed by atoms with van der Waals surface area (Å²) in [5.41, 5.74) is 0.274. The molecule has 0 aliphatic rings. The van der Waals surface area contributed by atoms with Crippen molar-refractivity contribution in [1.82, 2.24) is 10.3 Å². The topological polar surface area (TPSA) is 38.1 Å². The number of nitrogens with zero attached hydrogens (tertiary/aromatic N) is 1. The molecule has 0 saturated heterocycles. The Balaban J connectivity index is 1.93. The lowest BCUT2D eigenvalue weighted by Gasteiger charge is -2.05. The Morgan fingerprint density at radius 3 is 2.90 bits per heavy atom. The molecular formula is C16H20ClFN2O. The van der Waals surface area contributed by atoms with E-state index < -0.39 is 5.82 Å². The van der Waals surface area contributed by atoms with E-state index in [1.165, 1.54) is 12.3 Å². The van der Waals surface area contributed by atoms with Gasteiger partial charge in [-0.2, -0.15) is 0 Å². The molecule has 0 fully saturated rings. The molecule has 0 unspecified atom stereocenters. The standard InChI is InChI=1S/C16H20ClFN2O/c1-11(2)9-19-8-4-7-15-20-10-14(21-15)16-12(17)5-3-6-13(16)18/h3,5-6,10-11,19H,4,7-9H2,1-2H3. The quantitative estimate of drug-likeness (QED) is 0.774. The molecule has 0 aliphatic heterocycles. The van der Waals surface area contributed by atoms with E-state index in [1.807, 2.05) is 0 Å². The summed E-state index contributed by atoms with van der Waals surface area (Å²) in [6, 6.07) is 4.57. The molecule has 5 heteroatoms. The summed E-state index contributed by atoms with van der Waals surface area (Å²) in [4.78, 5) is 4.19. The average molecular weight is 311 g/mol. The predicted molar refractivity (Wildman–Crippen MR) is 82.9 cm³/mol. The van der Waals surface area contributed by atoms with Crippen molar-refractivity contribution in [2.75, 3.05) is 13.1 Å². The molecule has 0 aliphatic carbocycles. The van der Waals surface area contributed by atoms with E-state index in [0.717, 1.165) is 25.9 Å². The highest BCUT2D eigenvalue weighted by molar-refractivity contribution is 6.33. The molecule has 2 rings (SSSR count). The first kappa shape index (κ1) is 16.0. The predicted octanol–water partition coefficient (Wildman–Crippen LogP) is 4.31. The molecule has 2 aromatic rings. The number of hydrogen-bond acceptors (Lipinski definition) is 3. The maximum atomic E-state index is 13.8. The molecule has 0 bridgehead atoms. The van der Waals surface area contributed by atoms with Crippen LogP contribution in [-0.2, 0) is 6.42 Å². The van der Waals surface area contributed by atoms with Crippen molar-refractivity contribution in [3.63, 3.8) is 0 Å². The molecule has 1 N–H and O–H groups in total. The lowest BCUT2D eigenvalue weighted by atomic mass is 10.2. The summed E-state index contributed by atoms with van der Waals surface area (Å²) in [6.07, 6.45) is 3.18. The van der Waals surface area contributed by atoms with E-state index in [4.69, 9.17) is 16.0 Å². The fourth-order valence-corrected chi connectivity index (χ4v) is 2.29. The molecule has 0 saturated carbocycles. The number of benzene rings is 1. The molecule has 114 valence electrons. The number of nitrogens with one attached hydrogen (secondary N) is 1. The number of halogens is 2. The third-order valence-electron chi connectivity index (χ3n) is 3.06. The van der Waals surface area contributed by atoms with Crippen molar-refractivity contribution in [1.29, 1.82) is 0 Å². The van der Waals surface area contributed by atoms with E-state index in [9.17, 15) is 4.39 Å². The molecule has 0 amide bonds. The Hall–Kier alpha value is -1.39. The van der Waals surface area contributed by atoms with Crippen LogP contribution in [0, 0.1) is 11.7 Å². The lowest BCUT2D eigenvalue weighted by molar-refractivity contribution is 0.481. The summed E-state index contributed by atoms with van der Waals surface area (Å²) in [7, 11) is 0. The second kappa shape index (κ2) is 7.57. The number of rotatable bonds is 7. The first-order valence-corrected chi connectivity index (χ1v) is 7.55. The van der Waals surface area contributed by atoms with Crippen LogP contribution in [-0.4, -0.2) is 18.1 Å². The normalized spacial score (nSPS) is 11.3. The Morgan fingerprint density at radius 2 is 2.19 bits per heavy atom. The van der Waals surface area contributed by atoms with Gasteiger partial charge in [-0.05, 0) is 37.6 Å². The third-order valence-corrected chi connectivity index (χ3v) is 3.37. The smallest absolute Gasteiger partial charge is 0.194 e. The van der Waals surface area contributed by atoms with Crippen LogP contribution in [0.4, 0.5) is 4.39 Å². The van der Waals surface area contributed by atoms with Crippen molar-refractivity contribution in [2.24, 2.45) is 5.92 Å². The van der Waals surface area contributed by atoms with Gasteiger partial charge in [-0.15, -0.1) is 0 Å². The second-order valence-electron chi connectivity index (χ2n) is 5.42. The minimum atomic E-state index is -0.399. The Bertz CT molecular complexity index is 563. The van der Waals surface area contributed by atoms with Crippen LogP contribution in [0.1, 0.15) is 26.2 Å². The van der Waals surface area contributed by atoms with Gasteiger partial charge in [-0.3, -0.25) is 0 Å². The summed E-state index contributed by atoms with van der Waals surface area (Å²) >= 11 is 6.01. The zero-order valence-electron chi connectivity index (χ0n) is 12.3. The van der Waals surface area contributed by atoms with Gasteiger partial charge in [0.15, 0.2) is 11.7 Å². The van der Waals surface area contributed by atoms with Crippen molar-refractivity contribution in [3.05, 3.63) is 41.1 Å². The highest BCUT2D eigenvalue weighted by Gasteiger charge is 2.14. The van der Waals surface area contributed by atoms with Crippen molar-refractivity contribution in [2.45, 2.75) is 26.7 Å². The number of aryl methyl sites for hydroxylation is 1. The molecule has 3 nitrogen and oxygen atoms in total. The van der Waals surface area contributed by atoms with E-state index in [2.05, 4.69) is 24.1 Å². The van der Waals surface area contributed by atoms with Gasteiger partial charge >= 0.3 is 0 Å². The fourth-order valence-electron chi connectivity index (χ4n) is 2.03. The van der Waals surface area contributed by atoms with Gasteiger partial charge in [0, 0.05) is 6.42 Å². The summed E-state index contributed by atoms with van der Waals surface area (Å²) < 4.78 is 19.4. The Morgan fingerprint density at radius 1 is 1.38 bits per heavy atom. The van der Waals surface area contributed by atoms with Gasteiger partial charge in [-0.1, -0.05) is 31.5 Å². The van der Waals surface area contributed by atoms with Gasteiger partial charge < -0.3 is 9.73 Å². The van der Waals surface area contributed by atoms with Crippen molar-refractivity contribution < 1.29 is 8.81 Å². The van der Waals surface area contributed by atoms with E-state index in [1.54, 1.807) is 12.1 Å². The minimum Gasteiger partial charge on any atom is -0.441 e. The zero-order valence-corrected chi connectivity index (χ0v) is 13.1. The SMILES string of the molecule is CC(C)CNCCCc1ncc(-c2c(F)cccc2Cl)o1. The minimum absolute atomic E-state index is 0.274. The van der Waals surface area contributed by atoms with Crippen molar-refractivity contribution >= 4 is 11.6 Å². The molecule has 21 heavy (non-hydrogen) atoms. The van der Waals surface area contributed by atoms with Gasteiger partial charge in [-0.25, -0.2) is 9.37 Å². The van der Waals surface area contributed by atoms with Crippen LogP contribution >= 0.6 is 11.6 Å². The Kier molecular flexibility index (Phi) is 5.76. The van der Waals surface area contributed by atoms with E-state index >= 15 is 0 Å². The number of hydrogen-bond donors (Lipinski definition) is 1. The van der Waals surface area contributed by atoms with Crippen LogP contribution < -0.4 is 5.32 Å². The van der Waals surface area contributed by atoms with Crippen LogP contribution in [0.25, 0.3) is 11.3 Å². The summed E-state index contributed by atoms with van der Waals surface area (Å²) in [5.74, 6) is 1.23. The first-order valence-electron chi connectivity index (χ1n) is 7.17. The molecule has 0 atom stereocenters. The van der Waals surface area contributed by atoms with Crippen LogP contribution in [0.15, 0.2) is 28.8 Å². The van der Waals surface area contributed by atoms with E-state index in [0.29, 0.717) is 22.6 Å². The maximum Gasteiger partial charge on any atom is 0.194 e. The lowest BCUT2D eigenvalue weighted by Crippen LogP contribution is -2.21. The first-order chi connectivity index (χ1) is 10.1. The molecule has 0 radical (unpaired) electrons. The van der Waals surface area contributed by atoms with Gasteiger partial charge in [0.2, 0.25) is 0 Å². The summed E-state index contributed by atoms with van der Waals surface area (Å²) in [6.45, 7) is 6.26. The average Bonchev–Trinajstić information content (AvgIpc) is 2.86. The highest BCUT2D eigenvalue weighted by atomic mass is 35.5. The number of aromatic nitrogens is 1. The number of oxazole rings is 1. The van der Waals surface area contributed by atoms with Crippen LogP contribution in [0.3, 0.4) is 0 Å². The van der Waals surface area contributed by atoms with Crippen molar-refractivity contribution in [3.8, 4) is 11.3 Å². The fraction of sp³-hybridized carbons (Fsp3) is 0.438. The third kappa shape index (κ3) is 4.55. The van der Waals surface area contributed by atoms with E-state index in [-0.39, 0.29) is 5.56 Å². The molecule has 1 aromatic carbocycles. The van der Waals surface area contributed by atoms with Gasteiger partial charge in [0.1, 0.15) is 5.82 Å². The van der Waals surface area contributed by atoms with Gasteiger partial charge in [0.05, 0.1) is 16.8 Å². The van der Waals surface area contributed by atoms with Crippen LogP contribution in [0.2, 0.25) is 5.02 Å². The largest absolute Gasteiger partial charge is 0.441 e. The Labute approximate surface area is 129 Å². The molecular weight excluding hydrogens is 291 g/mol. The zero-order chi connectivity index (χ0) is 15.2. The summed E-state index contributed by atoms with van der Waals surface area (Å²) in [5, 5.41) is 3.69. The maximum absolute atomic E-state index is 13.8. The van der Waals surface area contributed by atoms with Gasteiger partial charge in [0.25, 0.3) is 0 Å². The molecule has 0 spiro atoms. The molecule has 1 heterocycles. The highest BCUT2D eigenvalue weighted by Crippen LogP contribution is 2.30. The monoisotopic (exact) mass is 310 g/mol. The molecule has 1 aromatic heterocycles. The second-order valence-corrected chi connectivity index (χ2v) is 5.82.